The van der Waals surface area contributed by atoms with Crippen molar-refractivity contribution in [2.45, 2.75) is 24.3 Å². The Balaban J connectivity index is 3.23. The average Bonchev–Trinajstić information content (AvgIpc) is 2.28. The van der Waals surface area contributed by atoms with E-state index in [2.05, 4.69) is 20.7 Å². The minimum atomic E-state index is -3.95. The Kier molecular flexibility index (Phi) is 5.20. The molecular formula is C11H13BrClNO5S. The van der Waals surface area contributed by atoms with Crippen LogP contribution in [0.5, 0.6) is 0 Å². The third kappa shape index (κ3) is 4.42. The summed E-state index contributed by atoms with van der Waals surface area (Å²) in [4.78, 5) is 10.8. The highest BCUT2D eigenvalue weighted by Crippen LogP contribution is 2.29. The van der Waals surface area contributed by atoms with Crippen LogP contribution in [0.4, 0.5) is 0 Å². The quantitative estimate of drug-likeness (QED) is 0.716. The number of carboxylic acid groups (broad SMARTS) is 1. The molecule has 0 aliphatic heterocycles. The van der Waals surface area contributed by atoms with Crippen molar-refractivity contribution in [1.29, 1.82) is 0 Å². The Bertz CT molecular complexity index is 639. The van der Waals surface area contributed by atoms with E-state index >= 15 is 0 Å². The Morgan fingerprint density at radius 3 is 2.45 bits per heavy atom. The number of hydrogen-bond donors (Lipinski definition) is 3. The number of aliphatic hydroxyl groups is 1. The van der Waals surface area contributed by atoms with Gasteiger partial charge in [-0.05, 0) is 41.9 Å². The number of carbonyl (C=O) groups is 1. The average molecular weight is 387 g/mol. The molecule has 0 heterocycles. The van der Waals surface area contributed by atoms with E-state index < -0.39 is 21.6 Å². The van der Waals surface area contributed by atoms with Gasteiger partial charge in [0.15, 0.2) is 0 Å². The van der Waals surface area contributed by atoms with Gasteiger partial charge in [0.2, 0.25) is 10.0 Å². The molecule has 20 heavy (non-hydrogen) atoms. The summed E-state index contributed by atoms with van der Waals surface area (Å²) < 4.78 is 26.4. The predicted molar refractivity (Wildman–Crippen MR) is 77.6 cm³/mol. The van der Waals surface area contributed by atoms with Crippen LogP contribution >= 0.6 is 27.5 Å². The van der Waals surface area contributed by atoms with E-state index in [0.29, 0.717) is 0 Å². The summed E-state index contributed by atoms with van der Waals surface area (Å²) in [5.74, 6) is -1.34. The van der Waals surface area contributed by atoms with Crippen LogP contribution < -0.4 is 4.72 Å². The van der Waals surface area contributed by atoms with Crippen LogP contribution in [0.3, 0.4) is 0 Å². The second kappa shape index (κ2) is 5.98. The molecule has 0 fully saturated rings. The molecule has 0 atom stereocenters. The van der Waals surface area contributed by atoms with Crippen molar-refractivity contribution >= 4 is 43.5 Å². The van der Waals surface area contributed by atoms with Gasteiger partial charge in [-0.15, -0.1) is 0 Å². The normalized spacial score (nSPS) is 12.4. The Morgan fingerprint density at radius 1 is 1.45 bits per heavy atom. The number of benzene rings is 1. The lowest BCUT2D eigenvalue weighted by atomic mass is 10.1. The minimum Gasteiger partial charge on any atom is -0.478 e. The van der Waals surface area contributed by atoms with Crippen LogP contribution in [0, 0.1) is 0 Å². The van der Waals surface area contributed by atoms with Crippen LogP contribution in [0.2, 0.25) is 5.02 Å². The SMILES string of the molecule is CC(C)(O)CNS(=O)(=O)c1cc(Br)c(Cl)c(C(=O)O)c1. The Hall–Kier alpha value is -0.670. The van der Waals surface area contributed by atoms with Gasteiger partial charge in [0.25, 0.3) is 0 Å². The highest BCUT2D eigenvalue weighted by atomic mass is 79.9. The molecule has 1 aromatic carbocycles. The van der Waals surface area contributed by atoms with Crippen LogP contribution in [0.25, 0.3) is 0 Å². The first kappa shape index (κ1) is 17.4. The lowest BCUT2D eigenvalue weighted by Crippen LogP contribution is -2.38. The van der Waals surface area contributed by atoms with Crippen molar-refractivity contribution in [1.82, 2.24) is 4.72 Å². The van der Waals surface area contributed by atoms with Gasteiger partial charge >= 0.3 is 5.97 Å². The fraction of sp³-hybridized carbons (Fsp3) is 0.364. The summed E-state index contributed by atoms with van der Waals surface area (Å²) >= 11 is 8.79. The molecule has 0 spiro atoms. The van der Waals surface area contributed by atoms with Crippen molar-refractivity contribution in [2.24, 2.45) is 0 Å². The predicted octanol–water partition coefficient (Wildman–Crippen LogP) is 1.85. The van der Waals surface area contributed by atoms with Gasteiger partial charge in [-0.1, -0.05) is 11.6 Å². The molecule has 1 aromatic rings. The molecule has 0 radical (unpaired) electrons. The summed E-state index contributed by atoms with van der Waals surface area (Å²) in [5.41, 5.74) is -1.56. The smallest absolute Gasteiger partial charge is 0.337 e. The van der Waals surface area contributed by atoms with E-state index in [1.165, 1.54) is 19.9 Å². The molecule has 0 saturated carbocycles. The zero-order valence-electron chi connectivity index (χ0n) is 10.6. The first-order valence-corrected chi connectivity index (χ1v) is 8.04. The van der Waals surface area contributed by atoms with E-state index in [1.54, 1.807) is 0 Å². The zero-order valence-corrected chi connectivity index (χ0v) is 13.8. The summed E-state index contributed by atoms with van der Waals surface area (Å²) in [5, 5.41) is 18.4. The lowest BCUT2D eigenvalue weighted by molar-refractivity contribution is 0.0696. The Labute approximate surface area is 129 Å². The summed E-state index contributed by atoms with van der Waals surface area (Å²) in [6.07, 6.45) is 0. The molecule has 0 amide bonds. The maximum atomic E-state index is 12.0. The summed E-state index contributed by atoms with van der Waals surface area (Å²) in [6, 6.07) is 2.16. The van der Waals surface area contributed by atoms with E-state index in [-0.39, 0.29) is 26.5 Å². The fourth-order valence-electron chi connectivity index (χ4n) is 1.23. The fourth-order valence-corrected chi connectivity index (χ4v) is 3.29. The molecule has 1 rings (SSSR count). The molecule has 9 heteroatoms. The van der Waals surface area contributed by atoms with E-state index in [4.69, 9.17) is 16.7 Å². The van der Waals surface area contributed by atoms with E-state index in [9.17, 15) is 18.3 Å². The summed E-state index contributed by atoms with van der Waals surface area (Å²) in [6.45, 7) is 2.67. The number of aromatic carboxylic acids is 1. The molecule has 0 saturated heterocycles. The third-order valence-electron chi connectivity index (χ3n) is 2.24. The number of hydrogen-bond acceptors (Lipinski definition) is 4. The number of sulfonamides is 1. The summed E-state index contributed by atoms with van der Waals surface area (Å²) in [7, 11) is -3.95. The molecule has 0 unspecified atom stereocenters. The molecule has 6 nitrogen and oxygen atoms in total. The van der Waals surface area contributed by atoms with Gasteiger partial charge in [-0.3, -0.25) is 0 Å². The van der Waals surface area contributed by atoms with Crippen molar-refractivity contribution in [2.75, 3.05) is 6.54 Å². The lowest BCUT2D eigenvalue weighted by Gasteiger charge is -2.18. The van der Waals surface area contributed by atoms with Gasteiger partial charge in [-0.25, -0.2) is 17.9 Å². The first-order valence-electron chi connectivity index (χ1n) is 5.38. The Morgan fingerprint density at radius 2 is 2.00 bits per heavy atom. The molecule has 0 aliphatic rings. The topological polar surface area (TPSA) is 104 Å². The third-order valence-corrected chi connectivity index (χ3v) is 4.88. The highest BCUT2D eigenvalue weighted by Gasteiger charge is 2.23. The van der Waals surface area contributed by atoms with Crippen molar-refractivity contribution < 1.29 is 23.4 Å². The van der Waals surface area contributed by atoms with Gasteiger partial charge < -0.3 is 10.2 Å². The van der Waals surface area contributed by atoms with Gasteiger partial charge in [0.05, 0.1) is 21.1 Å². The van der Waals surface area contributed by atoms with Crippen molar-refractivity contribution in [3.8, 4) is 0 Å². The molecular weight excluding hydrogens is 374 g/mol. The first-order chi connectivity index (χ1) is 8.94. The van der Waals surface area contributed by atoms with Crippen molar-refractivity contribution in [3.05, 3.63) is 27.2 Å². The van der Waals surface area contributed by atoms with E-state index in [0.717, 1.165) is 6.07 Å². The van der Waals surface area contributed by atoms with Crippen LogP contribution in [0.15, 0.2) is 21.5 Å². The van der Waals surface area contributed by atoms with Gasteiger partial charge in [-0.2, -0.15) is 0 Å². The largest absolute Gasteiger partial charge is 0.478 e. The molecule has 0 aliphatic carbocycles. The zero-order chi connectivity index (χ0) is 15.7. The maximum absolute atomic E-state index is 12.0. The molecule has 112 valence electrons. The van der Waals surface area contributed by atoms with Gasteiger partial charge in [0.1, 0.15) is 0 Å². The van der Waals surface area contributed by atoms with Crippen LogP contribution in [-0.2, 0) is 10.0 Å². The number of nitrogens with one attached hydrogen (secondary N) is 1. The second-order valence-corrected chi connectivity index (χ2v) is 7.71. The molecule has 0 aromatic heterocycles. The monoisotopic (exact) mass is 385 g/mol. The van der Waals surface area contributed by atoms with Gasteiger partial charge in [0, 0.05) is 11.0 Å². The number of halogens is 2. The number of carboxylic acids is 1. The van der Waals surface area contributed by atoms with E-state index in [1.807, 2.05) is 0 Å². The second-order valence-electron chi connectivity index (χ2n) is 4.71. The van der Waals surface area contributed by atoms with Crippen LogP contribution in [-0.4, -0.2) is 36.7 Å². The molecule has 0 bridgehead atoms. The minimum absolute atomic E-state index is 0.0843. The maximum Gasteiger partial charge on any atom is 0.337 e. The number of rotatable bonds is 5. The standard InChI is InChI=1S/C11H13BrClNO5S/c1-11(2,17)5-14-20(18,19)6-3-7(10(15)16)9(13)8(12)4-6/h3-4,14,17H,5H2,1-2H3,(H,15,16). The highest BCUT2D eigenvalue weighted by molar-refractivity contribution is 9.10. The van der Waals surface area contributed by atoms with Crippen LogP contribution in [0.1, 0.15) is 24.2 Å². The van der Waals surface area contributed by atoms with Crippen molar-refractivity contribution in [3.63, 3.8) is 0 Å². The molecule has 3 N–H and O–H groups in total.